The van der Waals surface area contributed by atoms with Gasteiger partial charge in [-0.25, -0.2) is 0 Å². The molecule has 1 N–H and O–H groups in total. The largest absolute Gasteiger partial charge is 0.355 e. The van der Waals surface area contributed by atoms with Crippen molar-refractivity contribution in [1.82, 2.24) is 0 Å². The predicted molar refractivity (Wildman–Crippen MR) is 191 cm³/mol. The van der Waals surface area contributed by atoms with Crippen molar-refractivity contribution in [3.63, 3.8) is 0 Å². The summed E-state index contributed by atoms with van der Waals surface area (Å²) in [6, 6.07) is 72.3. The first-order chi connectivity index (χ1) is 22.8. The van der Waals surface area contributed by atoms with Crippen molar-refractivity contribution in [1.29, 1.82) is 0 Å². The molecule has 0 bridgehead atoms. The zero-order valence-corrected chi connectivity index (χ0v) is 25.5. The number of nitrogens with one attached hydrogen (secondary N) is 1. The fourth-order valence-corrected chi connectivity index (χ4v) is 7.64. The Bertz CT molecular complexity index is 1960. The summed E-state index contributed by atoms with van der Waals surface area (Å²) < 4.78 is 0. The second kappa shape index (κ2) is 11.6. The molecule has 0 fully saturated rings. The molecule has 0 aromatic heterocycles. The number of hydrogen-bond acceptors (Lipinski definition) is 2. The molecule has 0 unspecified atom stereocenters. The van der Waals surface area contributed by atoms with E-state index >= 15 is 0 Å². The fraction of sp³-hybridized carbons (Fsp3) is 0.0455. The highest BCUT2D eigenvalue weighted by atomic mass is 15.3. The van der Waals surface area contributed by atoms with Crippen LogP contribution in [0.2, 0.25) is 0 Å². The van der Waals surface area contributed by atoms with E-state index in [1.54, 1.807) is 0 Å². The normalized spacial score (nSPS) is 14.4. The number of rotatable bonds is 7. The molecule has 46 heavy (non-hydrogen) atoms. The van der Waals surface area contributed by atoms with E-state index in [0.29, 0.717) is 0 Å². The molecule has 0 radical (unpaired) electrons. The second-order valence-corrected chi connectivity index (χ2v) is 11.8. The van der Waals surface area contributed by atoms with E-state index < -0.39 is 11.1 Å². The molecule has 0 aliphatic carbocycles. The Morgan fingerprint density at radius 2 is 0.739 bits per heavy atom. The van der Waals surface area contributed by atoms with Crippen LogP contribution in [0.15, 0.2) is 200 Å². The maximum Gasteiger partial charge on any atom is 0.120 e. The van der Waals surface area contributed by atoms with Crippen LogP contribution in [0.25, 0.3) is 0 Å². The van der Waals surface area contributed by atoms with Crippen molar-refractivity contribution >= 4 is 17.1 Å². The molecule has 2 nitrogen and oxygen atoms in total. The summed E-state index contributed by atoms with van der Waals surface area (Å²) in [5, 5.41) is 3.88. The summed E-state index contributed by atoms with van der Waals surface area (Å²) in [5.41, 5.74) is 9.10. The van der Waals surface area contributed by atoms with Gasteiger partial charge in [-0.2, -0.15) is 0 Å². The van der Waals surface area contributed by atoms with Crippen LogP contribution in [0.1, 0.15) is 33.4 Å². The summed E-state index contributed by atoms with van der Waals surface area (Å²) in [6.45, 7) is 0. The molecule has 1 aliphatic rings. The summed E-state index contributed by atoms with van der Waals surface area (Å²) in [4.78, 5) is 2.69. The zero-order valence-electron chi connectivity index (χ0n) is 25.5. The van der Waals surface area contributed by atoms with Gasteiger partial charge in [0.2, 0.25) is 0 Å². The third kappa shape index (κ3) is 4.18. The Morgan fingerprint density at radius 1 is 0.348 bits per heavy atom. The van der Waals surface area contributed by atoms with Gasteiger partial charge < -0.3 is 10.2 Å². The number of hydrogen-bond donors (Lipinski definition) is 1. The van der Waals surface area contributed by atoms with Gasteiger partial charge in [0, 0.05) is 22.6 Å². The molecule has 0 atom stereocenters. The minimum atomic E-state index is -0.733. The van der Waals surface area contributed by atoms with Gasteiger partial charge in [-0.15, -0.1) is 0 Å². The van der Waals surface area contributed by atoms with E-state index in [2.05, 4.69) is 210 Å². The maximum atomic E-state index is 3.88. The lowest BCUT2D eigenvalue weighted by molar-refractivity contribution is 0.496. The predicted octanol–water partition coefficient (Wildman–Crippen LogP) is 10.5. The number of fused-ring (bicyclic) bond motifs is 1. The van der Waals surface area contributed by atoms with Crippen LogP contribution in [0, 0.1) is 0 Å². The van der Waals surface area contributed by atoms with Crippen LogP contribution in [0.4, 0.5) is 17.1 Å². The lowest BCUT2D eigenvalue weighted by Gasteiger charge is -2.50. The SMILES string of the molecule is c1ccc(Nc2cccc3c2C(c2ccccc2)(c2ccccc2)N(c2ccccc2)C3(c2ccccc2)c2ccccc2)cc1. The topological polar surface area (TPSA) is 15.3 Å². The van der Waals surface area contributed by atoms with Gasteiger partial charge in [0.05, 0.1) is 0 Å². The minimum absolute atomic E-state index is 0.695. The van der Waals surface area contributed by atoms with Gasteiger partial charge >= 0.3 is 0 Å². The third-order valence-electron chi connectivity index (χ3n) is 9.32. The highest BCUT2D eigenvalue weighted by molar-refractivity contribution is 5.84. The van der Waals surface area contributed by atoms with Crippen molar-refractivity contribution in [2.45, 2.75) is 11.1 Å². The van der Waals surface area contributed by atoms with Gasteiger partial charge in [-0.05, 0) is 58.1 Å². The molecule has 0 saturated heterocycles. The Balaban J connectivity index is 1.62. The summed E-state index contributed by atoms with van der Waals surface area (Å²) in [6.07, 6.45) is 0. The van der Waals surface area contributed by atoms with Crippen LogP contribution >= 0.6 is 0 Å². The summed E-state index contributed by atoms with van der Waals surface area (Å²) in [7, 11) is 0. The van der Waals surface area contributed by atoms with Gasteiger partial charge in [-0.1, -0.05) is 170 Å². The average Bonchev–Trinajstić information content (AvgIpc) is 3.44. The molecule has 0 amide bonds. The van der Waals surface area contributed by atoms with Crippen LogP contribution < -0.4 is 10.2 Å². The molecule has 220 valence electrons. The molecule has 1 heterocycles. The van der Waals surface area contributed by atoms with Gasteiger partial charge in [0.25, 0.3) is 0 Å². The van der Waals surface area contributed by atoms with Crippen molar-refractivity contribution in [2.75, 3.05) is 10.2 Å². The van der Waals surface area contributed by atoms with Crippen LogP contribution in [0.3, 0.4) is 0 Å². The maximum absolute atomic E-state index is 3.88. The van der Waals surface area contributed by atoms with Crippen molar-refractivity contribution < 1.29 is 0 Å². The highest BCUT2D eigenvalue weighted by Crippen LogP contribution is 2.64. The van der Waals surface area contributed by atoms with E-state index in [4.69, 9.17) is 0 Å². The highest BCUT2D eigenvalue weighted by Gasteiger charge is 2.62. The van der Waals surface area contributed by atoms with Gasteiger partial charge in [0.1, 0.15) is 11.1 Å². The van der Waals surface area contributed by atoms with Crippen molar-refractivity contribution in [3.05, 3.63) is 234 Å². The van der Waals surface area contributed by atoms with Crippen LogP contribution in [-0.4, -0.2) is 0 Å². The van der Waals surface area contributed by atoms with Gasteiger partial charge in [0.15, 0.2) is 0 Å². The molecule has 0 spiro atoms. The molecule has 7 aromatic rings. The fourth-order valence-electron chi connectivity index (χ4n) is 7.64. The first-order valence-electron chi connectivity index (χ1n) is 15.9. The smallest absolute Gasteiger partial charge is 0.120 e. The van der Waals surface area contributed by atoms with Crippen molar-refractivity contribution in [2.24, 2.45) is 0 Å². The molecule has 8 rings (SSSR count). The van der Waals surface area contributed by atoms with Crippen molar-refractivity contribution in [3.8, 4) is 0 Å². The Morgan fingerprint density at radius 3 is 1.20 bits per heavy atom. The quantitative estimate of drug-likeness (QED) is 0.199. The molecular weight excluding hydrogens is 556 g/mol. The third-order valence-corrected chi connectivity index (χ3v) is 9.32. The summed E-state index contributed by atoms with van der Waals surface area (Å²) in [5.74, 6) is 0. The van der Waals surface area contributed by atoms with E-state index in [1.807, 2.05) is 0 Å². The van der Waals surface area contributed by atoms with E-state index in [-0.39, 0.29) is 0 Å². The lowest BCUT2D eigenvalue weighted by Crippen LogP contribution is -2.54. The minimum Gasteiger partial charge on any atom is -0.355 e. The average molecular weight is 591 g/mol. The molecule has 2 heteroatoms. The Kier molecular flexibility index (Phi) is 6.96. The monoisotopic (exact) mass is 590 g/mol. The van der Waals surface area contributed by atoms with Crippen LogP contribution in [0.5, 0.6) is 0 Å². The summed E-state index contributed by atoms with van der Waals surface area (Å²) >= 11 is 0. The lowest BCUT2D eigenvalue weighted by atomic mass is 9.75. The number of nitrogens with zero attached hydrogens (tertiary/aromatic N) is 1. The van der Waals surface area contributed by atoms with E-state index in [9.17, 15) is 0 Å². The molecule has 7 aromatic carbocycles. The second-order valence-electron chi connectivity index (χ2n) is 11.8. The zero-order chi connectivity index (χ0) is 30.8. The van der Waals surface area contributed by atoms with Gasteiger partial charge in [-0.3, -0.25) is 0 Å². The number of benzene rings is 7. The molecule has 0 saturated carbocycles. The standard InChI is InChI=1S/C44H34N2/c1-7-20-34(21-8-1)43(35-22-9-2-10-23-35)40-32-19-33-41(45-38-28-15-5-16-29-38)42(40)44(36-24-11-3-12-25-36,37-26-13-4-14-27-37)46(43)39-30-17-6-18-31-39/h1-33,45H. The Hall–Kier alpha value is -5.86. The molecule has 1 aliphatic heterocycles. The molecular formula is C44H34N2. The van der Waals surface area contributed by atoms with Crippen LogP contribution in [-0.2, 0) is 11.1 Å². The first-order valence-corrected chi connectivity index (χ1v) is 15.9. The number of anilines is 3. The van der Waals surface area contributed by atoms with E-state index in [0.717, 1.165) is 17.1 Å². The first kappa shape index (κ1) is 27.7. The van der Waals surface area contributed by atoms with E-state index in [1.165, 1.54) is 33.4 Å². The Labute approximate surface area is 271 Å². The number of para-hydroxylation sites is 2.